The summed E-state index contributed by atoms with van der Waals surface area (Å²) in [6, 6.07) is 14.5. The van der Waals surface area contributed by atoms with Gasteiger partial charge in [-0.1, -0.05) is 12.1 Å². The van der Waals surface area contributed by atoms with E-state index in [1.165, 1.54) is 9.08 Å². The van der Waals surface area contributed by atoms with Gasteiger partial charge in [0.05, 0.1) is 30.9 Å². The van der Waals surface area contributed by atoms with Crippen LogP contribution in [0.1, 0.15) is 6.92 Å². The van der Waals surface area contributed by atoms with Crippen LogP contribution in [0.2, 0.25) is 0 Å². The molecule has 10 nitrogen and oxygen atoms in total. The number of benzene rings is 2. The normalized spacial score (nSPS) is 14.0. The molecule has 0 saturated carbocycles. The third-order valence-corrected chi connectivity index (χ3v) is 5.44. The van der Waals surface area contributed by atoms with E-state index in [0.29, 0.717) is 61.1 Å². The monoisotopic (exact) mass is 448 g/mol. The van der Waals surface area contributed by atoms with Crippen molar-refractivity contribution in [2.75, 3.05) is 43.1 Å². The Morgan fingerprint density at radius 3 is 2.64 bits per heavy atom. The van der Waals surface area contributed by atoms with Crippen LogP contribution in [0, 0.1) is 0 Å². The molecule has 0 radical (unpaired) electrons. The highest BCUT2D eigenvalue weighted by Crippen LogP contribution is 2.23. The molecule has 1 N–H and O–H groups in total. The summed E-state index contributed by atoms with van der Waals surface area (Å²) in [5, 5.41) is 7.30. The molecule has 2 aromatic heterocycles. The van der Waals surface area contributed by atoms with Crippen LogP contribution >= 0.6 is 0 Å². The third-order valence-electron chi connectivity index (χ3n) is 5.44. The maximum Gasteiger partial charge on any atom is 0.351 e. The number of aromatic nitrogens is 4. The van der Waals surface area contributed by atoms with Crippen molar-refractivity contribution in [2.45, 2.75) is 13.5 Å². The highest BCUT2D eigenvalue weighted by atomic mass is 16.5. The van der Waals surface area contributed by atoms with E-state index in [-0.39, 0.29) is 18.1 Å². The number of nitrogens with zero attached hydrogens (tertiary/aromatic N) is 5. The standard InChI is InChI=1S/C23H24N6O4/c1-2-33-17-9-7-16(8-10-17)24-20(30)15-28-23(31)29-19-6-4-3-5-18(19)25-21(22(29)26-28)27-11-13-32-14-12-27/h3-10H,2,11-15H2,1H3,(H,24,30). The molecule has 2 aromatic carbocycles. The second-order valence-corrected chi connectivity index (χ2v) is 7.63. The largest absolute Gasteiger partial charge is 0.494 e. The van der Waals surface area contributed by atoms with Gasteiger partial charge in [0.1, 0.15) is 12.3 Å². The lowest BCUT2D eigenvalue weighted by atomic mass is 10.3. The second kappa shape index (κ2) is 8.91. The zero-order chi connectivity index (χ0) is 22.8. The maximum absolute atomic E-state index is 13.3. The van der Waals surface area contributed by atoms with Crippen LogP contribution < -0.4 is 20.6 Å². The zero-order valence-electron chi connectivity index (χ0n) is 18.2. The molecule has 170 valence electrons. The van der Waals surface area contributed by atoms with E-state index in [1.807, 2.05) is 31.2 Å². The molecule has 1 aliphatic heterocycles. The number of carbonyl (C=O) groups is 1. The second-order valence-electron chi connectivity index (χ2n) is 7.63. The fourth-order valence-corrected chi connectivity index (χ4v) is 3.91. The van der Waals surface area contributed by atoms with Gasteiger partial charge >= 0.3 is 5.69 Å². The number of morpholine rings is 1. The van der Waals surface area contributed by atoms with Crippen molar-refractivity contribution in [3.8, 4) is 5.75 Å². The Kier molecular flexibility index (Phi) is 5.66. The molecule has 3 heterocycles. The number of hydrogen-bond acceptors (Lipinski definition) is 7. The Hall–Kier alpha value is -3.92. The van der Waals surface area contributed by atoms with E-state index in [4.69, 9.17) is 14.5 Å². The van der Waals surface area contributed by atoms with Crippen molar-refractivity contribution in [1.82, 2.24) is 19.2 Å². The molecule has 0 aliphatic carbocycles. The predicted molar refractivity (Wildman–Crippen MR) is 124 cm³/mol. The van der Waals surface area contributed by atoms with Crippen LogP contribution in [0.4, 0.5) is 11.5 Å². The summed E-state index contributed by atoms with van der Waals surface area (Å²) in [7, 11) is 0. The summed E-state index contributed by atoms with van der Waals surface area (Å²) >= 11 is 0. The van der Waals surface area contributed by atoms with Crippen LogP contribution in [-0.2, 0) is 16.1 Å². The first-order valence-corrected chi connectivity index (χ1v) is 10.9. The van der Waals surface area contributed by atoms with Crippen molar-refractivity contribution in [3.05, 3.63) is 59.0 Å². The van der Waals surface area contributed by atoms with Crippen molar-refractivity contribution in [3.63, 3.8) is 0 Å². The number of anilines is 2. The molecule has 1 fully saturated rings. The minimum Gasteiger partial charge on any atom is -0.494 e. The van der Waals surface area contributed by atoms with Crippen LogP contribution in [0.3, 0.4) is 0 Å². The van der Waals surface area contributed by atoms with E-state index in [2.05, 4.69) is 15.3 Å². The molecule has 1 saturated heterocycles. The average molecular weight is 448 g/mol. The molecular weight excluding hydrogens is 424 g/mol. The summed E-state index contributed by atoms with van der Waals surface area (Å²) < 4.78 is 13.6. The fraction of sp³-hybridized carbons (Fsp3) is 0.304. The van der Waals surface area contributed by atoms with E-state index in [0.717, 1.165) is 5.75 Å². The molecule has 10 heteroatoms. The van der Waals surface area contributed by atoms with Gasteiger partial charge in [-0.3, -0.25) is 4.79 Å². The van der Waals surface area contributed by atoms with E-state index in [9.17, 15) is 9.59 Å². The smallest absolute Gasteiger partial charge is 0.351 e. The Morgan fingerprint density at radius 1 is 1.12 bits per heavy atom. The topological polar surface area (TPSA) is 103 Å². The predicted octanol–water partition coefficient (Wildman–Crippen LogP) is 1.92. The Bertz CT molecular complexity index is 1360. The first kappa shape index (κ1) is 21.0. The molecule has 4 aromatic rings. The van der Waals surface area contributed by atoms with Gasteiger partial charge < -0.3 is 19.7 Å². The third kappa shape index (κ3) is 4.12. The summed E-state index contributed by atoms with van der Waals surface area (Å²) in [5.74, 6) is 0.983. The Labute approximate surface area is 189 Å². The van der Waals surface area contributed by atoms with Crippen LogP contribution in [0.15, 0.2) is 53.3 Å². The average Bonchev–Trinajstić information content (AvgIpc) is 3.16. The van der Waals surface area contributed by atoms with Gasteiger partial charge in [-0.25, -0.2) is 18.9 Å². The maximum atomic E-state index is 13.3. The lowest BCUT2D eigenvalue weighted by Gasteiger charge is -2.27. The van der Waals surface area contributed by atoms with Crippen molar-refractivity contribution >= 4 is 34.1 Å². The number of ether oxygens (including phenoxy) is 2. The van der Waals surface area contributed by atoms with Gasteiger partial charge in [-0.2, -0.15) is 0 Å². The van der Waals surface area contributed by atoms with Crippen LogP contribution in [0.5, 0.6) is 5.75 Å². The van der Waals surface area contributed by atoms with Crippen LogP contribution in [-0.4, -0.2) is 58.0 Å². The highest BCUT2D eigenvalue weighted by molar-refractivity contribution is 5.90. The number of para-hydroxylation sites is 2. The van der Waals surface area contributed by atoms with Gasteiger partial charge in [-0.05, 0) is 43.3 Å². The quantitative estimate of drug-likeness (QED) is 0.481. The summed E-state index contributed by atoms with van der Waals surface area (Å²) in [6.45, 7) is 4.72. The van der Waals surface area contributed by atoms with E-state index >= 15 is 0 Å². The van der Waals surface area contributed by atoms with E-state index in [1.54, 1.807) is 24.3 Å². The molecule has 1 amide bonds. The minimum atomic E-state index is -0.389. The highest BCUT2D eigenvalue weighted by Gasteiger charge is 2.22. The number of nitrogens with one attached hydrogen (secondary N) is 1. The molecule has 0 bridgehead atoms. The Balaban J connectivity index is 1.48. The van der Waals surface area contributed by atoms with Crippen molar-refractivity contribution in [1.29, 1.82) is 0 Å². The number of carbonyl (C=O) groups excluding carboxylic acids is 1. The number of fused-ring (bicyclic) bond motifs is 3. The Morgan fingerprint density at radius 2 is 1.88 bits per heavy atom. The molecule has 0 unspecified atom stereocenters. The first-order valence-electron chi connectivity index (χ1n) is 10.9. The van der Waals surface area contributed by atoms with E-state index < -0.39 is 0 Å². The van der Waals surface area contributed by atoms with Gasteiger partial charge in [-0.15, -0.1) is 5.10 Å². The number of hydrogen-bond donors (Lipinski definition) is 1. The van der Waals surface area contributed by atoms with Gasteiger partial charge in [0, 0.05) is 18.8 Å². The van der Waals surface area contributed by atoms with Crippen molar-refractivity contribution in [2.24, 2.45) is 0 Å². The van der Waals surface area contributed by atoms with Crippen molar-refractivity contribution < 1.29 is 14.3 Å². The molecule has 0 spiro atoms. The SMILES string of the molecule is CCOc1ccc(NC(=O)Cn2nc3c(N4CCOCC4)nc4ccccc4n3c2=O)cc1. The molecule has 1 aliphatic rings. The molecular formula is C23H24N6O4. The molecule has 33 heavy (non-hydrogen) atoms. The molecule has 5 rings (SSSR count). The fourth-order valence-electron chi connectivity index (χ4n) is 3.91. The number of amides is 1. The molecule has 0 atom stereocenters. The van der Waals surface area contributed by atoms with Gasteiger partial charge in [0.2, 0.25) is 11.6 Å². The summed E-state index contributed by atoms with van der Waals surface area (Å²) in [5.41, 5.74) is 1.98. The van der Waals surface area contributed by atoms with Gasteiger partial charge in [0.25, 0.3) is 0 Å². The van der Waals surface area contributed by atoms with Gasteiger partial charge in [0.15, 0.2) is 5.82 Å². The summed E-state index contributed by atoms with van der Waals surface area (Å²) in [4.78, 5) is 32.8. The summed E-state index contributed by atoms with van der Waals surface area (Å²) in [6.07, 6.45) is 0. The van der Waals surface area contributed by atoms with Crippen LogP contribution in [0.25, 0.3) is 16.7 Å². The lowest BCUT2D eigenvalue weighted by Crippen LogP contribution is -2.37. The first-order chi connectivity index (χ1) is 16.1. The lowest BCUT2D eigenvalue weighted by molar-refractivity contribution is -0.117. The minimum absolute atomic E-state index is 0.218. The zero-order valence-corrected chi connectivity index (χ0v) is 18.2. The number of rotatable bonds is 6.